The minimum absolute atomic E-state index is 0.290. The summed E-state index contributed by atoms with van der Waals surface area (Å²) in [6.45, 7) is 5.89. The molecule has 0 unspecified atom stereocenters. The summed E-state index contributed by atoms with van der Waals surface area (Å²) in [5.74, 6) is 1.58. The third kappa shape index (κ3) is 4.59. The second-order valence-corrected chi connectivity index (χ2v) is 8.32. The number of anilines is 1. The van der Waals surface area contributed by atoms with Crippen LogP contribution < -0.4 is 14.8 Å². The molecule has 6 nitrogen and oxygen atoms in total. The molecule has 5 rings (SSSR count). The van der Waals surface area contributed by atoms with Crippen LogP contribution in [0.3, 0.4) is 0 Å². The highest BCUT2D eigenvalue weighted by Crippen LogP contribution is 2.36. The van der Waals surface area contributed by atoms with E-state index in [0.29, 0.717) is 6.54 Å². The SMILES string of the molecule is c1cc(NCc2csc(-c3ccc4c(c3)OCO4)n2)ccc1CCN1CCOCC1. The Morgan fingerprint density at radius 2 is 1.83 bits per heavy atom. The summed E-state index contributed by atoms with van der Waals surface area (Å²) < 4.78 is 16.3. The lowest BCUT2D eigenvalue weighted by Crippen LogP contribution is -2.37. The molecule has 1 saturated heterocycles. The maximum atomic E-state index is 5.47. The molecule has 0 saturated carbocycles. The van der Waals surface area contributed by atoms with Gasteiger partial charge in [-0.3, -0.25) is 4.90 Å². The molecule has 0 amide bonds. The van der Waals surface area contributed by atoms with Crippen LogP contribution in [0.4, 0.5) is 5.69 Å². The molecule has 1 N–H and O–H groups in total. The Hall–Kier alpha value is -2.61. The van der Waals surface area contributed by atoms with Crippen molar-refractivity contribution in [1.82, 2.24) is 9.88 Å². The molecule has 2 aliphatic heterocycles. The maximum Gasteiger partial charge on any atom is 0.231 e. The number of rotatable bonds is 7. The van der Waals surface area contributed by atoms with E-state index in [0.717, 1.165) is 72.7 Å². The van der Waals surface area contributed by atoms with Crippen molar-refractivity contribution in [3.05, 3.63) is 59.1 Å². The Labute approximate surface area is 180 Å². The summed E-state index contributed by atoms with van der Waals surface area (Å²) >= 11 is 1.64. The lowest BCUT2D eigenvalue weighted by Gasteiger charge is -2.26. The number of aromatic nitrogens is 1. The van der Waals surface area contributed by atoms with Gasteiger partial charge in [0.15, 0.2) is 11.5 Å². The monoisotopic (exact) mass is 423 g/mol. The van der Waals surface area contributed by atoms with E-state index in [1.807, 2.05) is 18.2 Å². The lowest BCUT2D eigenvalue weighted by atomic mass is 10.1. The van der Waals surface area contributed by atoms with Crippen molar-refractivity contribution in [3.8, 4) is 22.1 Å². The predicted octanol–water partition coefficient (Wildman–Crippen LogP) is 4.03. The van der Waals surface area contributed by atoms with Crippen molar-refractivity contribution in [3.63, 3.8) is 0 Å². The van der Waals surface area contributed by atoms with Gasteiger partial charge in [-0.05, 0) is 42.3 Å². The zero-order valence-corrected chi connectivity index (χ0v) is 17.6. The van der Waals surface area contributed by atoms with E-state index in [9.17, 15) is 0 Å². The van der Waals surface area contributed by atoms with Crippen LogP contribution in [-0.2, 0) is 17.7 Å². The molecule has 0 spiro atoms. The van der Waals surface area contributed by atoms with Crippen LogP contribution in [0.15, 0.2) is 47.8 Å². The molecule has 3 aromatic rings. The Morgan fingerprint density at radius 1 is 1.00 bits per heavy atom. The van der Waals surface area contributed by atoms with Crippen LogP contribution in [0.2, 0.25) is 0 Å². The van der Waals surface area contributed by atoms with E-state index in [4.69, 9.17) is 19.2 Å². The minimum Gasteiger partial charge on any atom is -0.454 e. The highest BCUT2D eigenvalue weighted by Gasteiger charge is 2.15. The first kappa shape index (κ1) is 19.4. The molecular formula is C23H25N3O3S. The molecule has 0 atom stereocenters. The summed E-state index contributed by atoms with van der Waals surface area (Å²) in [5.41, 5.74) is 4.57. The van der Waals surface area contributed by atoms with Gasteiger partial charge in [0, 0.05) is 36.3 Å². The Bertz CT molecular complexity index is 984. The first-order valence-corrected chi connectivity index (χ1v) is 11.2. The van der Waals surface area contributed by atoms with E-state index in [2.05, 4.69) is 39.9 Å². The summed E-state index contributed by atoms with van der Waals surface area (Å²) in [6.07, 6.45) is 1.07. The molecule has 1 fully saturated rings. The quantitative estimate of drug-likeness (QED) is 0.619. The molecule has 0 aliphatic carbocycles. The van der Waals surface area contributed by atoms with Crippen LogP contribution in [0, 0.1) is 0 Å². The van der Waals surface area contributed by atoms with E-state index >= 15 is 0 Å². The number of fused-ring (bicyclic) bond motifs is 1. The number of hydrogen-bond donors (Lipinski definition) is 1. The summed E-state index contributed by atoms with van der Waals surface area (Å²) in [7, 11) is 0. The van der Waals surface area contributed by atoms with Gasteiger partial charge in [0.25, 0.3) is 0 Å². The van der Waals surface area contributed by atoms with E-state index in [1.54, 1.807) is 11.3 Å². The zero-order valence-electron chi connectivity index (χ0n) is 16.8. The summed E-state index contributed by atoms with van der Waals surface area (Å²) in [6, 6.07) is 14.7. The van der Waals surface area contributed by atoms with Gasteiger partial charge in [0.1, 0.15) is 5.01 Å². The van der Waals surface area contributed by atoms with Gasteiger partial charge in [-0.2, -0.15) is 0 Å². The van der Waals surface area contributed by atoms with Crippen molar-refractivity contribution >= 4 is 17.0 Å². The molecule has 156 valence electrons. The molecule has 2 aliphatic rings. The highest BCUT2D eigenvalue weighted by atomic mass is 32.1. The van der Waals surface area contributed by atoms with Crippen LogP contribution in [0.1, 0.15) is 11.3 Å². The van der Waals surface area contributed by atoms with Gasteiger partial charge in [0.2, 0.25) is 6.79 Å². The van der Waals surface area contributed by atoms with E-state index in [1.165, 1.54) is 5.56 Å². The standard InChI is InChI=1S/C23H25N3O3S/c1-4-19(5-2-17(1)7-8-26-9-11-27-12-10-26)24-14-20-15-30-23(25-20)18-3-6-21-22(13-18)29-16-28-21/h1-6,13,15,24H,7-12,14,16H2. The normalized spacial score (nSPS) is 16.0. The maximum absolute atomic E-state index is 5.47. The van der Waals surface area contributed by atoms with Crippen LogP contribution in [0.25, 0.3) is 10.6 Å². The van der Waals surface area contributed by atoms with E-state index < -0.39 is 0 Å². The fraction of sp³-hybridized carbons (Fsp3) is 0.348. The number of benzene rings is 2. The minimum atomic E-state index is 0.290. The number of hydrogen-bond acceptors (Lipinski definition) is 7. The summed E-state index contributed by atoms with van der Waals surface area (Å²) in [5, 5.41) is 6.56. The van der Waals surface area contributed by atoms with Crippen LogP contribution in [0.5, 0.6) is 11.5 Å². The van der Waals surface area contributed by atoms with Crippen LogP contribution >= 0.6 is 11.3 Å². The van der Waals surface area contributed by atoms with Gasteiger partial charge < -0.3 is 19.5 Å². The van der Waals surface area contributed by atoms with Crippen LogP contribution in [-0.4, -0.2) is 49.5 Å². The molecule has 7 heteroatoms. The van der Waals surface area contributed by atoms with Gasteiger partial charge in [-0.1, -0.05) is 12.1 Å². The summed E-state index contributed by atoms with van der Waals surface area (Å²) in [4.78, 5) is 7.23. The Kier molecular flexibility index (Phi) is 5.83. The third-order valence-electron chi connectivity index (χ3n) is 5.42. The number of nitrogens with zero attached hydrogens (tertiary/aromatic N) is 2. The molecule has 3 heterocycles. The first-order valence-electron chi connectivity index (χ1n) is 10.3. The zero-order chi connectivity index (χ0) is 20.2. The molecule has 0 bridgehead atoms. The van der Waals surface area contributed by atoms with E-state index in [-0.39, 0.29) is 6.79 Å². The first-order chi connectivity index (χ1) is 14.8. The average molecular weight is 424 g/mol. The molecule has 30 heavy (non-hydrogen) atoms. The van der Waals surface area contributed by atoms with Crippen molar-refractivity contribution in [2.24, 2.45) is 0 Å². The molecule has 0 radical (unpaired) electrons. The van der Waals surface area contributed by atoms with Crippen molar-refractivity contribution in [1.29, 1.82) is 0 Å². The van der Waals surface area contributed by atoms with Gasteiger partial charge in [0.05, 0.1) is 25.5 Å². The Morgan fingerprint density at radius 3 is 2.70 bits per heavy atom. The van der Waals surface area contributed by atoms with Gasteiger partial charge >= 0.3 is 0 Å². The number of ether oxygens (including phenoxy) is 3. The van der Waals surface area contributed by atoms with Gasteiger partial charge in [-0.25, -0.2) is 4.98 Å². The lowest BCUT2D eigenvalue weighted by molar-refractivity contribution is 0.0384. The fourth-order valence-corrected chi connectivity index (χ4v) is 4.46. The van der Waals surface area contributed by atoms with Crippen molar-refractivity contribution in [2.45, 2.75) is 13.0 Å². The smallest absolute Gasteiger partial charge is 0.231 e. The second kappa shape index (κ2) is 9.04. The fourth-order valence-electron chi connectivity index (χ4n) is 3.64. The molecule has 2 aromatic carbocycles. The largest absolute Gasteiger partial charge is 0.454 e. The van der Waals surface area contributed by atoms with Gasteiger partial charge in [-0.15, -0.1) is 11.3 Å². The van der Waals surface area contributed by atoms with Crippen molar-refractivity contribution in [2.75, 3.05) is 45.0 Å². The average Bonchev–Trinajstić information content (AvgIpc) is 3.46. The third-order valence-corrected chi connectivity index (χ3v) is 6.36. The Balaban J connectivity index is 1.14. The number of morpholine rings is 1. The number of nitrogens with one attached hydrogen (secondary N) is 1. The van der Waals surface area contributed by atoms with Crippen molar-refractivity contribution < 1.29 is 14.2 Å². The topological polar surface area (TPSA) is 55.8 Å². The molecule has 1 aromatic heterocycles. The molecular weight excluding hydrogens is 398 g/mol. The second-order valence-electron chi connectivity index (χ2n) is 7.47. The predicted molar refractivity (Wildman–Crippen MR) is 118 cm³/mol. The number of thiazole rings is 1. The highest BCUT2D eigenvalue weighted by molar-refractivity contribution is 7.13.